The zero-order valence-corrected chi connectivity index (χ0v) is 17.0. The minimum absolute atomic E-state index is 0.0519. The Kier molecular flexibility index (Phi) is 5.17. The van der Waals surface area contributed by atoms with E-state index in [0.717, 1.165) is 55.3 Å². The van der Waals surface area contributed by atoms with Crippen LogP contribution >= 0.6 is 11.3 Å². The van der Waals surface area contributed by atoms with Crippen LogP contribution in [0.3, 0.4) is 0 Å². The summed E-state index contributed by atoms with van der Waals surface area (Å²) in [5.41, 5.74) is 1.82. The van der Waals surface area contributed by atoms with Crippen molar-refractivity contribution in [1.29, 1.82) is 0 Å². The van der Waals surface area contributed by atoms with Gasteiger partial charge >= 0.3 is 0 Å². The third kappa shape index (κ3) is 3.50. The number of ether oxygens (including phenoxy) is 1. The number of rotatable bonds is 5. The fraction of sp³-hybridized carbons (Fsp3) is 0.476. The lowest BCUT2D eigenvalue weighted by molar-refractivity contribution is 0.112. The van der Waals surface area contributed by atoms with E-state index in [1.165, 1.54) is 10.6 Å². The lowest BCUT2D eigenvalue weighted by atomic mass is 10.1. The van der Waals surface area contributed by atoms with Crippen LogP contribution in [0.25, 0.3) is 10.9 Å². The fourth-order valence-corrected chi connectivity index (χ4v) is 5.46. The maximum Gasteiger partial charge on any atom is 0.261 e. The van der Waals surface area contributed by atoms with E-state index in [1.807, 2.05) is 18.2 Å². The average molecular weight is 413 g/mol. The van der Waals surface area contributed by atoms with Crippen molar-refractivity contribution >= 4 is 22.2 Å². The number of nitrogens with zero attached hydrogens (tertiary/aromatic N) is 4. The summed E-state index contributed by atoms with van der Waals surface area (Å²) in [7, 11) is 0. The van der Waals surface area contributed by atoms with Crippen LogP contribution in [0.1, 0.15) is 40.3 Å². The highest BCUT2D eigenvalue weighted by Gasteiger charge is 2.31. The van der Waals surface area contributed by atoms with Gasteiger partial charge in [-0.05, 0) is 31.5 Å². The largest absolute Gasteiger partial charge is 0.395 e. The molecule has 2 aromatic heterocycles. The number of aliphatic hydroxyl groups excluding tert-OH is 1. The molecule has 0 bridgehead atoms. The molecule has 0 spiro atoms. The minimum Gasteiger partial charge on any atom is -0.395 e. The van der Waals surface area contributed by atoms with Gasteiger partial charge in [-0.15, -0.1) is 11.3 Å². The molecule has 4 heterocycles. The Morgan fingerprint density at radius 3 is 3.03 bits per heavy atom. The number of aromatic nitrogens is 3. The van der Waals surface area contributed by atoms with Gasteiger partial charge in [-0.2, -0.15) is 0 Å². The molecule has 2 aliphatic rings. The molecule has 8 heteroatoms. The number of thiazole rings is 1. The van der Waals surface area contributed by atoms with Gasteiger partial charge < -0.3 is 9.84 Å². The summed E-state index contributed by atoms with van der Waals surface area (Å²) in [5, 5.41) is 11.3. The molecule has 0 amide bonds. The topological polar surface area (TPSA) is 80.5 Å². The second kappa shape index (κ2) is 7.95. The fourth-order valence-electron chi connectivity index (χ4n) is 4.38. The van der Waals surface area contributed by atoms with Crippen LogP contribution in [0.2, 0.25) is 0 Å². The van der Waals surface area contributed by atoms with Gasteiger partial charge in [-0.25, -0.2) is 9.97 Å². The quantitative estimate of drug-likeness (QED) is 0.692. The zero-order chi connectivity index (χ0) is 19.8. The first-order valence-corrected chi connectivity index (χ1v) is 11.0. The second-order valence-electron chi connectivity index (χ2n) is 7.58. The number of hydrogen-bond donors (Lipinski definition) is 1. The molecule has 29 heavy (non-hydrogen) atoms. The first-order chi connectivity index (χ1) is 14.2. The number of para-hydroxylation sites is 1. The molecule has 0 saturated carbocycles. The smallest absolute Gasteiger partial charge is 0.261 e. The summed E-state index contributed by atoms with van der Waals surface area (Å²) in [5.74, 6) is 0.755. The summed E-state index contributed by atoms with van der Waals surface area (Å²) in [6, 6.07) is 7.50. The molecular weight excluding hydrogens is 388 g/mol. The lowest BCUT2D eigenvalue weighted by Gasteiger charge is -2.25. The number of benzene rings is 1. The third-order valence-electron chi connectivity index (χ3n) is 5.75. The number of likely N-dealkylation sites (tertiary alicyclic amines) is 1. The highest BCUT2D eigenvalue weighted by atomic mass is 32.1. The maximum atomic E-state index is 13.1. The van der Waals surface area contributed by atoms with Crippen molar-refractivity contribution in [2.24, 2.45) is 0 Å². The van der Waals surface area contributed by atoms with Crippen LogP contribution in [0, 0.1) is 0 Å². The third-order valence-corrected chi connectivity index (χ3v) is 6.81. The van der Waals surface area contributed by atoms with E-state index in [9.17, 15) is 9.90 Å². The average Bonchev–Trinajstić information content (AvgIpc) is 3.36. The summed E-state index contributed by atoms with van der Waals surface area (Å²) < 4.78 is 7.21. The van der Waals surface area contributed by atoms with Crippen LogP contribution in [0.5, 0.6) is 0 Å². The predicted molar refractivity (Wildman–Crippen MR) is 111 cm³/mol. The molecule has 1 saturated heterocycles. The standard InChI is InChI=1S/C21H24N4O3S/c26-10-9-25-20(23-15-5-2-1-4-14(15)21(25)27)17-6-3-8-24(17)12-19-22-16-7-11-28-13-18(16)29-19/h1-2,4-5,17,26H,3,6-13H2. The van der Waals surface area contributed by atoms with Gasteiger partial charge in [0.25, 0.3) is 5.56 Å². The van der Waals surface area contributed by atoms with Crippen molar-refractivity contribution < 1.29 is 9.84 Å². The van der Waals surface area contributed by atoms with Crippen molar-refractivity contribution in [2.75, 3.05) is 19.8 Å². The number of hydrogen-bond acceptors (Lipinski definition) is 7. The van der Waals surface area contributed by atoms with Crippen molar-refractivity contribution in [3.63, 3.8) is 0 Å². The first-order valence-electron chi connectivity index (χ1n) is 10.1. The van der Waals surface area contributed by atoms with E-state index >= 15 is 0 Å². The molecule has 7 nitrogen and oxygen atoms in total. The van der Waals surface area contributed by atoms with Gasteiger partial charge in [0.1, 0.15) is 10.8 Å². The Hall–Kier alpha value is -2.13. The molecular formula is C21H24N4O3S. The van der Waals surface area contributed by atoms with Crippen molar-refractivity contribution in [3.8, 4) is 0 Å². The van der Waals surface area contributed by atoms with Crippen LogP contribution in [0.15, 0.2) is 29.1 Å². The van der Waals surface area contributed by atoms with E-state index in [0.29, 0.717) is 12.0 Å². The van der Waals surface area contributed by atoms with Gasteiger partial charge in [0, 0.05) is 6.42 Å². The van der Waals surface area contributed by atoms with Gasteiger partial charge in [0.15, 0.2) is 0 Å². The lowest BCUT2D eigenvalue weighted by Crippen LogP contribution is -2.32. The Bertz CT molecular complexity index is 1070. The summed E-state index contributed by atoms with van der Waals surface area (Å²) in [4.78, 5) is 26.4. The molecule has 1 N–H and O–H groups in total. The molecule has 3 aromatic rings. The molecule has 152 valence electrons. The van der Waals surface area contributed by atoms with Crippen molar-refractivity contribution in [2.45, 2.75) is 45.0 Å². The molecule has 0 radical (unpaired) electrons. The molecule has 0 aliphatic carbocycles. The molecule has 1 aromatic carbocycles. The van der Waals surface area contributed by atoms with E-state index in [1.54, 1.807) is 22.0 Å². The van der Waals surface area contributed by atoms with E-state index in [2.05, 4.69) is 4.90 Å². The van der Waals surface area contributed by atoms with Gasteiger partial charge in [0.2, 0.25) is 0 Å². The predicted octanol–water partition coefficient (Wildman–Crippen LogP) is 2.26. The molecule has 1 fully saturated rings. The second-order valence-corrected chi connectivity index (χ2v) is 8.74. The normalized spacial score (nSPS) is 19.7. The van der Waals surface area contributed by atoms with E-state index < -0.39 is 0 Å². The van der Waals surface area contributed by atoms with Crippen molar-refractivity contribution in [1.82, 2.24) is 19.4 Å². The van der Waals surface area contributed by atoms with Crippen LogP contribution in [-0.4, -0.2) is 44.3 Å². The Morgan fingerprint density at radius 2 is 2.17 bits per heavy atom. The van der Waals surface area contributed by atoms with Gasteiger partial charge in [-0.1, -0.05) is 12.1 Å². The SMILES string of the molecule is O=c1c2ccccc2nc(C2CCCN2Cc2nc3c(s2)COCC3)n1CCO. The van der Waals surface area contributed by atoms with E-state index in [4.69, 9.17) is 14.7 Å². The highest BCUT2D eigenvalue weighted by molar-refractivity contribution is 7.11. The number of fused-ring (bicyclic) bond motifs is 2. The zero-order valence-electron chi connectivity index (χ0n) is 16.2. The molecule has 1 unspecified atom stereocenters. The minimum atomic E-state index is -0.0845. The van der Waals surface area contributed by atoms with E-state index in [-0.39, 0.29) is 24.8 Å². The summed E-state index contributed by atoms with van der Waals surface area (Å²) in [6.07, 6.45) is 2.89. The van der Waals surface area contributed by atoms with Crippen molar-refractivity contribution in [3.05, 3.63) is 56.0 Å². The Morgan fingerprint density at radius 1 is 1.28 bits per heavy atom. The Labute approximate surface area is 172 Å². The highest BCUT2D eigenvalue weighted by Crippen LogP contribution is 2.34. The molecule has 1 atom stereocenters. The maximum absolute atomic E-state index is 13.1. The Balaban J connectivity index is 1.50. The molecule has 5 rings (SSSR count). The summed E-state index contributed by atoms with van der Waals surface area (Å²) >= 11 is 1.73. The van der Waals surface area contributed by atoms with Crippen LogP contribution in [-0.2, 0) is 30.9 Å². The van der Waals surface area contributed by atoms with Gasteiger partial charge in [-0.3, -0.25) is 14.3 Å². The summed E-state index contributed by atoms with van der Waals surface area (Å²) in [6.45, 7) is 3.30. The van der Waals surface area contributed by atoms with Crippen LogP contribution < -0.4 is 5.56 Å². The molecule has 2 aliphatic heterocycles. The van der Waals surface area contributed by atoms with Gasteiger partial charge in [0.05, 0.1) is 60.4 Å². The first kappa shape index (κ1) is 18.9. The number of aliphatic hydroxyl groups is 1. The monoisotopic (exact) mass is 412 g/mol. The van der Waals surface area contributed by atoms with Crippen LogP contribution in [0.4, 0.5) is 0 Å².